The number of aryl methyl sites for hydroxylation is 1. The number of aromatic nitrogens is 2. The lowest BCUT2D eigenvalue weighted by Crippen LogP contribution is -2.35. The highest BCUT2D eigenvalue weighted by atomic mass is 32.2. The van der Waals surface area contributed by atoms with Gasteiger partial charge in [-0.15, -0.1) is 0 Å². The van der Waals surface area contributed by atoms with E-state index in [1.165, 1.54) is 10.9 Å². The highest BCUT2D eigenvalue weighted by Gasteiger charge is 2.29. The van der Waals surface area contributed by atoms with Crippen LogP contribution in [0, 0.1) is 5.92 Å². The van der Waals surface area contributed by atoms with Gasteiger partial charge in [0.1, 0.15) is 4.90 Å². The van der Waals surface area contributed by atoms with Crippen molar-refractivity contribution in [2.45, 2.75) is 17.7 Å². The summed E-state index contributed by atoms with van der Waals surface area (Å²) in [6, 6.07) is 0. The zero-order valence-electron chi connectivity index (χ0n) is 10.6. The van der Waals surface area contributed by atoms with E-state index in [1.807, 2.05) is 0 Å². The van der Waals surface area contributed by atoms with Gasteiger partial charge in [-0.3, -0.25) is 9.48 Å². The van der Waals surface area contributed by atoms with Crippen molar-refractivity contribution in [3.63, 3.8) is 0 Å². The second-order valence-electron chi connectivity index (χ2n) is 4.52. The molecule has 0 aromatic carbocycles. The molecular weight excluding hydrogens is 270 g/mol. The van der Waals surface area contributed by atoms with Gasteiger partial charge in [-0.25, -0.2) is 13.1 Å². The molecule has 1 aliphatic rings. The summed E-state index contributed by atoms with van der Waals surface area (Å²) in [4.78, 5) is 11.3. The predicted octanol–water partition coefficient (Wildman–Crippen LogP) is -1.19. The number of hydrogen-bond acceptors (Lipinski definition) is 5. The smallest absolute Gasteiger partial charge is 0.245 e. The zero-order chi connectivity index (χ0) is 14.0. The molecule has 1 fully saturated rings. The minimum atomic E-state index is -3.68. The number of rotatable bonds is 6. The van der Waals surface area contributed by atoms with E-state index in [-0.39, 0.29) is 35.6 Å². The van der Waals surface area contributed by atoms with E-state index in [2.05, 4.69) is 15.1 Å². The summed E-state index contributed by atoms with van der Waals surface area (Å²) >= 11 is 0. The van der Waals surface area contributed by atoms with E-state index in [9.17, 15) is 13.2 Å². The Hall–Kier alpha value is -1.61. The maximum absolute atomic E-state index is 11.9. The van der Waals surface area contributed by atoms with Crippen LogP contribution in [0.3, 0.4) is 0 Å². The monoisotopic (exact) mass is 287 g/mol. The van der Waals surface area contributed by atoms with E-state index in [0.717, 1.165) is 12.8 Å². The average molecular weight is 287 g/mol. The lowest BCUT2D eigenvalue weighted by atomic mass is 10.4. The summed E-state index contributed by atoms with van der Waals surface area (Å²) in [7, 11) is -2.09. The molecule has 9 heteroatoms. The van der Waals surface area contributed by atoms with E-state index in [0.29, 0.717) is 0 Å². The van der Waals surface area contributed by atoms with Gasteiger partial charge in [0.25, 0.3) is 0 Å². The number of carbonyl (C=O) groups is 1. The Labute approximate surface area is 111 Å². The lowest BCUT2D eigenvalue weighted by molar-refractivity contribution is -0.122. The Kier molecular flexibility index (Phi) is 3.76. The minimum Gasteiger partial charge on any atom is -0.381 e. The molecule has 0 spiro atoms. The van der Waals surface area contributed by atoms with Crippen LogP contribution >= 0.6 is 0 Å². The van der Waals surface area contributed by atoms with Crippen LogP contribution in [-0.2, 0) is 21.9 Å². The van der Waals surface area contributed by atoms with E-state index >= 15 is 0 Å². The molecule has 19 heavy (non-hydrogen) atoms. The van der Waals surface area contributed by atoms with Crippen LogP contribution in [0.25, 0.3) is 0 Å². The molecule has 1 aromatic rings. The van der Waals surface area contributed by atoms with Gasteiger partial charge in [-0.05, 0) is 12.8 Å². The minimum absolute atomic E-state index is 0.0138. The average Bonchev–Trinajstić information content (AvgIpc) is 3.10. The first-order valence-electron chi connectivity index (χ1n) is 5.96. The van der Waals surface area contributed by atoms with Crippen molar-refractivity contribution in [2.75, 3.05) is 18.8 Å². The molecule has 1 saturated carbocycles. The first kappa shape index (κ1) is 13.8. The van der Waals surface area contributed by atoms with E-state index < -0.39 is 10.0 Å². The maximum Gasteiger partial charge on any atom is 0.245 e. The maximum atomic E-state index is 11.9. The van der Waals surface area contributed by atoms with Gasteiger partial charge in [0, 0.05) is 32.3 Å². The molecule has 1 aliphatic carbocycles. The third-order valence-electron chi connectivity index (χ3n) is 2.78. The topological polar surface area (TPSA) is 119 Å². The van der Waals surface area contributed by atoms with Crippen molar-refractivity contribution in [2.24, 2.45) is 13.0 Å². The lowest BCUT2D eigenvalue weighted by Gasteiger charge is -2.06. The molecule has 0 unspecified atom stereocenters. The summed E-state index contributed by atoms with van der Waals surface area (Å²) in [6.45, 7) is 0.379. The van der Waals surface area contributed by atoms with Crippen molar-refractivity contribution in [3.05, 3.63) is 6.20 Å². The van der Waals surface area contributed by atoms with Crippen molar-refractivity contribution in [3.8, 4) is 0 Å². The van der Waals surface area contributed by atoms with Crippen molar-refractivity contribution in [1.82, 2.24) is 19.8 Å². The van der Waals surface area contributed by atoms with Crippen LogP contribution in [0.15, 0.2) is 11.1 Å². The summed E-state index contributed by atoms with van der Waals surface area (Å²) in [5.74, 6) is 0.0580. The number of nitrogen functional groups attached to an aromatic ring is 1. The number of hydrogen-bond donors (Lipinski definition) is 3. The predicted molar refractivity (Wildman–Crippen MR) is 68.5 cm³/mol. The molecule has 0 bridgehead atoms. The Balaban J connectivity index is 1.84. The van der Waals surface area contributed by atoms with E-state index in [4.69, 9.17) is 5.73 Å². The Morgan fingerprint density at radius 1 is 1.53 bits per heavy atom. The Bertz CT molecular complexity index is 576. The largest absolute Gasteiger partial charge is 0.381 e. The van der Waals surface area contributed by atoms with Gasteiger partial charge in [0.05, 0.1) is 0 Å². The van der Waals surface area contributed by atoms with Crippen LogP contribution in [0.2, 0.25) is 0 Å². The summed E-state index contributed by atoms with van der Waals surface area (Å²) in [5.41, 5.74) is 5.51. The standard InChI is InChI=1S/C10H17N5O3S/c1-15-6-8(9(11)14-15)19(17,18)13-5-4-12-10(16)7-2-3-7/h6-7,13H,2-5H2,1H3,(H2,11,14)(H,12,16). The van der Waals surface area contributed by atoms with Crippen molar-refractivity contribution >= 4 is 21.7 Å². The molecule has 106 valence electrons. The number of nitrogens with one attached hydrogen (secondary N) is 2. The van der Waals surface area contributed by atoms with Gasteiger partial charge in [-0.1, -0.05) is 0 Å². The van der Waals surface area contributed by atoms with Gasteiger partial charge >= 0.3 is 0 Å². The molecule has 1 heterocycles. The highest BCUT2D eigenvalue weighted by Crippen LogP contribution is 2.28. The summed E-state index contributed by atoms with van der Waals surface area (Å²) in [6.07, 6.45) is 3.17. The molecule has 0 saturated heterocycles. The zero-order valence-corrected chi connectivity index (χ0v) is 11.4. The van der Waals surface area contributed by atoms with Crippen LogP contribution < -0.4 is 15.8 Å². The van der Waals surface area contributed by atoms with Gasteiger partial charge in [0.15, 0.2) is 5.82 Å². The number of anilines is 1. The van der Waals surface area contributed by atoms with Crippen LogP contribution in [-0.4, -0.2) is 37.2 Å². The van der Waals surface area contributed by atoms with Gasteiger partial charge in [-0.2, -0.15) is 5.10 Å². The van der Waals surface area contributed by atoms with Gasteiger partial charge < -0.3 is 11.1 Å². The van der Waals surface area contributed by atoms with Crippen LogP contribution in [0.4, 0.5) is 5.82 Å². The number of carbonyl (C=O) groups excluding carboxylic acids is 1. The quantitative estimate of drug-likeness (QED) is 0.568. The van der Waals surface area contributed by atoms with Crippen molar-refractivity contribution in [1.29, 1.82) is 0 Å². The second kappa shape index (κ2) is 5.17. The Morgan fingerprint density at radius 3 is 2.74 bits per heavy atom. The molecule has 4 N–H and O–H groups in total. The molecule has 0 aliphatic heterocycles. The first-order chi connectivity index (χ1) is 8.90. The highest BCUT2D eigenvalue weighted by molar-refractivity contribution is 7.89. The normalized spacial score (nSPS) is 15.4. The number of sulfonamides is 1. The number of nitrogens with two attached hydrogens (primary N) is 1. The fourth-order valence-corrected chi connectivity index (χ4v) is 2.76. The Morgan fingerprint density at radius 2 is 2.21 bits per heavy atom. The first-order valence-corrected chi connectivity index (χ1v) is 7.45. The van der Waals surface area contributed by atoms with Gasteiger partial charge in [0.2, 0.25) is 15.9 Å². The summed E-state index contributed by atoms with van der Waals surface area (Å²) in [5, 5.41) is 6.44. The molecule has 8 nitrogen and oxygen atoms in total. The van der Waals surface area contributed by atoms with E-state index in [1.54, 1.807) is 7.05 Å². The molecule has 0 atom stereocenters. The summed E-state index contributed by atoms with van der Waals surface area (Å²) < 4.78 is 27.5. The molecule has 1 aromatic heterocycles. The number of amides is 1. The van der Waals surface area contributed by atoms with Crippen LogP contribution in [0.1, 0.15) is 12.8 Å². The fourth-order valence-electron chi connectivity index (χ4n) is 1.63. The second-order valence-corrected chi connectivity index (χ2v) is 6.25. The van der Waals surface area contributed by atoms with Crippen molar-refractivity contribution < 1.29 is 13.2 Å². The molecule has 2 rings (SSSR count). The van der Waals surface area contributed by atoms with Crippen LogP contribution in [0.5, 0.6) is 0 Å². The number of nitrogens with zero attached hydrogens (tertiary/aromatic N) is 2. The SMILES string of the molecule is Cn1cc(S(=O)(=O)NCCNC(=O)C2CC2)c(N)n1. The third kappa shape index (κ3) is 3.44. The molecular formula is C10H17N5O3S. The third-order valence-corrected chi connectivity index (χ3v) is 4.25. The molecule has 1 amide bonds. The molecule has 0 radical (unpaired) electrons. The fraction of sp³-hybridized carbons (Fsp3) is 0.600.